The summed E-state index contributed by atoms with van der Waals surface area (Å²) in [6.07, 6.45) is 4.25. The number of carbonyl (C=O) groups is 2. The Balaban J connectivity index is 1.47. The quantitative estimate of drug-likeness (QED) is 0.619. The lowest BCUT2D eigenvalue weighted by Crippen LogP contribution is -2.51. The average molecular weight is 454 g/mol. The molecule has 5 rings (SSSR count). The first-order valence-electron chi connectivity index (χ1n) is 11.7. The number of nitriles is 1. The molecule has 7 heteroatoms. The number of amides is 2. The Morgan fingerprint density at radius 1 is 1.03 bits per heavy atom. The monoisotopic (exact) mass is 453 g/mol. The molecule has 0 saturated heterocycles. The third-order valence-corrected chi connectivity index (χ3v) is 6.88. The normalized spacial score (nSPS) is 17.3. The van der Waals surface area contributed by atoms with E-state index in [0.717, 1.165) is 53.8 Å². The van der Waals surface area contributed by atoms with Gasteiger partial charge in [-0.1, -0.05) is 42.5 Å². The number of primary amides is 1. The highest BCUT2D eigenvalue weighted by molar-refractivity contribution is 5.94. The SMILES string of the molecule is N#Cc1c2c(n(-c3ccccc3)c1NC(=O)CN1Cc3ccccc3C[C@@H]1C(N)=O)CCCC2. The molecule has 3 aromatic rings. The molecule has 172 valence electrons. The van der Waals surface area contributed by atoms with E-state index in [0.29, 0.717) is 24.3 Å². The van der Waals surface area contributed by atoms with Crippen molar-refractivity contribution >= 4 is 17.6 Å². The minimum atomic E-state index is -0.551. The summed E-state index contributed by atoms with van der Waals surface area (Å²) in [5.41, 5.74) is 11.4. The van der Waals surface area contributed by atoms with Crippen LogP contribution in [0.2, 0.25) is 0 Å². The third kappa shape index (κ3) is 3.97. The summed E-state index contributed by atoms with van der Waals surface area (Å²) in [5.74, 6) is -0.198. The van der Waals surface area contributed by atoms with Crippen molar-refractivity contribution in [2.45, 2.75) is 44.7 Å². The van der Waals surface area contributed by atoms with Crippen molar-refractivity contribution in [1.29, 1.82) is 5.26 Å². The van der Waals surface area contributed by atoms with E-state index in [-0.39, 0.29) is 12.5 Å². The zero-order valence-corrected chi connectivity index (χ0v) is 19.0. The Morgan fingerprint density at radius 2 is 1.74 bits per heavy atom. The summed E-state index contributed by atoms with van der Waals surface area (Å²) in [6.45, 7) is 0.482. The van der Waals surface area contributed by atoms with Crippen molar-refractivity contribution in [1.82, 2.24) is 9.47 Å². The summed E-state index contributed by atoms with van der Waals surface area (Å²) in [6, 6.07) is 19.5. The largest absolute Gasteiger partial charge is 0.368 e. The van der Waals surface area contributed by atoms with E-state index >= 15 is 0 Å². The summed E-state index contributed by atoms with van der Waals surface area (Å²) < 4.78 is 2.02. The lowest BCUT2D eigenvalue weighted by atomic mass is 9.93. The maximum absolute atomic E-state index is 13.3. The lowest BCUT2D eigenvalue weighted by molar-refractivity contribution is -0.125. The van der Waals surface area contributed by atoms with Crippen LogP contribution in [0.1, 0.15) is 40.8 Å². The van der Waals surface area contributed by atoms with Crippen LogP contribution in [0.15, 0.2) is 54.6 Å². The first-order chi connectivity index (χ1) is 16.6. The molecule has 0 bridgehead atoms. The van der Waals surface area contributed by atoms with Crippen LogP contribution in [-0.2, 0) is 35.4 Å². The molecule has 1 aliphatic heterocycles. The standard InChI is InChI=1S/C27H27N5O2/c28-15-22-21-12-6-7-13-23(21)32(20-10-2-1-3-11-20)27(22)30-25(33)17-31-16-19-9-5-4-8-18(19)14-24(31)26(29)34/h1-5,8-11,24H,6-7,12-14,16-17H2,(H2,29,34)(H,30,33)/t24-/m1/s1. The smallest absolute Gasteiger partial charge is 0.239 e. The van der Waals surface area contributed by atoms with Crippen LogP contribution in [0.5, 0.6) is 0 Å². The molecule has 2 aromatic carbocycles. The van der Waals surface area contributed by atoms with Crippen LogP contribution in [-0.4, -0.2) is 33.9 Å². The molecule has 0 spiro atoms. The van der Waals surface area contributed by atoms with E-state index in [2.05, 4.69) is 11.4 Å². The second-order valence-electron chi connectivity index (χ2n) is 8.98. The molecule has 2 aliphatic rings. The van der Waals surface area contributed by atoms with Crippen LogP contribution < -0.4 is 11.1 Å². The maximum atomic E-state index is 13.3. The number of fused-ring (bicyclic) bond motifs is 2. The topological polar surface area (TPSA) is 104 Å². The number of nitrogens with zero attached hydrogens (tertiary/aromatic N) is 3. The van der Waals surface area contributed by atoms with Crippen LogP contribution in [0, 0.1) is 11.3 Å². The van der Waals surface area contributed by atoms with Gasteiger partial charge < -0.3 is 11.1 Å². The highest BCUT2D eigenvalue weighted by Gasteiger charge is 2.32. The second kappa shape index (κ2) is 9.16. The molecule has 0 saturated carbocycles. The molecule has 0 unspecified atom stereocenters. The molecular formula is C27H27N5O2. The predicted molar refractivity (Wildman–Crippen MR) is 129 cm³/mol. The predicted octanol–water partition coefficient (Wildman–Crippen LogP) is 3.08. The Kier molecular flexibility index (Phi) is 5.91. The minimum Gasteiger partial charge on any atom is -0.368 e. The zero-order valence-electron chi connectivity index (χ0n) is 19.0. The number of nitrogens with two attached hydrogens (primary N) is 1. The van der Waals surface area contributed by atoms with E-state index in [9.17, 15) is 14.9 Å². The van der Waals surface area contributed by atoms with Gasteiger partial charge in [0, 0.05) is 17.9 Å². The molecule has 34 heavy (non-hydrogen) atoms. The van der Waals surface area contributed by atoms with Crippen molar-refractivity contribution in [3.8, 4) is 11.8 Å². The van der Waals surface area contributed by atoms with Crippen LogP contribution in [0.4, 0.5) is 5.82 Å². The second-order valence-corrected chi connectivity index (χ2v) is 8.98. The van der Waals surface area contributed by atoms with Gasteiger partial charge in [-0.15, -0.1) is 0 Å². The van der Waals surface area contributed by atoms with Gasteiger partial charge in [-0.05, 0) is 60.9 Å². The van der Waals surface area contributed by atoms with Gasteiger partial charge in [0.2, 0.25) is 11.8 Å². The fourth-order valence-corrected chi connectivity index (χ4v) is 5.28. The van der Waals surface area contributed by atoms with E-state index in [1.54, 1.807) is 0 Å². The Labute approximate surface area is 198 Å². The van der Waals surface area contributed by atoms with Gasteiger partial charge in [0.1, 0.15) is 11.9 Å². The molecule has 0 fully saturated rings. The number of para-hydroxylation sites is 1. The number of carbonyl (C=O) groups excluding carboxylic acids is 2. The lowest BCUT2D eigenvalue weighted by Gasteiger charge is -2.34. The average Bonchev–Trinajstić information content (AvgIpc) is 3.16. The van der Waals surface area contributed by atoms with E-state index in [1.807, 2.05) is 64.1 Å². The van der Waals surface area contributed by atoms with Crippen molar-refractivity contribution in [3.63, 3.8) is 0 Å². The Morgan fingerprint density at radius 3 is 2.47 bits per heavy atom. The molecule has 2 heterocycles. The zero-order chi connectivity index (χ0) is 23.7. The minimum absolute atomic E-state index is 0.0114. The highest BCUT2D eigenvalue weighted by atomic mass is 16.2. The number of benzene rings is 2. The van der Waals surface area contributed by atoms with Gasteiger partial charge in [-0.2, -0.15) is 5.26 Å². The molecule has 2 amide bonds. The molecule has 1 aromatic heterocycles. The van der Waals surface area contributed by atoms with E-state index in [4.69, 9.17) is 5.73 Å². The fraction of sp³-hybridized carbons (Fsp3) is 0.296. The number of aromatic nitrogens is 1. The van der Waals surface area contributed by atoms with Gasteiger partial charge in [0.05, 0.1) is 18.2 Å². The van der Waals surface area contributed by atoms with Crippen LogP contribution in [0.3, 0.4) is 0 Å². The molecule has 1 atom stereocenters. The maximum Gasteiger partial charge on any atom is 0.239 e. The van der Waals surface area contributed by atoms with Crippen molar-refractivity contribution in [2.75, 3.05) is 11.9 Å². The first kappa shape index (κ1) is 21.9. The molecule has 0 radical (unpaired) electrons. The van der Waals surface area contributed by atoms with Crippen LogP contribution in [0.25, 0.3) is 5.69 Å². The summed E-state index contributed by atoms with van der Waals surface area (Å²) in [4.78, 5) is 27.3. The number of hydrogen-bond acceptors (Lipinski definition) is 4. The summed E-state index contributed by atoms with van der Waals surface area (Å²) in [5, 5.41) is 13.0. The molecule has 7 nitrogen and oxygen atoms in total. The van der Waals surface area contributed by atoms with Gasteiger partial charge >= 0.3 is 0 Å². The fourth-order valence-electron chi connectivity index (χ4n) is 5.28. The number of rotatable bonds is 5. The number of nitrogens with one attached hydrogen (secondary N) is 1. The van der Waals surface area contributed by atoms with Gasteiger partial charge in [0.25, 0.3) is 0 Å². The van der Waals surface area contributed by atoms with Crippen molar-refractivity contribution in [3.05, 3.63) is 82.5 Å². The van der Waals surface area contributed by atoms with Gasteiger partial charge in [-0.25, -0.2) is 0 Å². The number of anilines is 1. The van der Waals surface area contributed by atoms with E-state index < -0.39 is 11.9 Å². The van der Waals surface area contributed by atoms with Gasteiger partial charge in [-0.3, -0.25) is 19.1 Å². The Bertz CT molecular complexity index is 1290. The third-order valence-electron chi connectivity index (χ3n) is 6.88. The molecular weight excluding hydrogens is 426 g/mol. The summed E-state index contributed by atoms with van der Waals surface area (Å²) in [7, 11) is 0. The molecule has 1 aliphatic carbocycles. The van der Waals surface area contributed by atoms with Crippen molar-refractivity contribution < 1.29 is 9.59 Å². The van der Waals surface area contributed by atoms with Gasteiger partial charge in [0.15, 0.2) is 0 Å². The summed E-state index contributed by atoms with van der Waals surface area (Å²) >= 11 is 0. The Hall–Kier alpha value is -3.89. The highest BCUT2D eigenvalue weighted by Crippen LogP contribution is 2.35. The van der Waals surface area contributed by atoms with E-state index in [1.165, 1.54) is 0 Å². The van der Waals surface area contributed by atoms with Crippen molar-refractivity contribution in [2.24, 2.45) is 5.73 Å². The molecule has 3 N–H and O–H groups in total. The first-order valence-corrected chi connectivity index (χ1v) is 11.7. The van der Waals surface area contributed by atoms with Crippen LogP contribution >= 0.6 is 0 Å². The number of hydrogen-bond donors (Lipinski definition) is 2.